The van der Waals surface area contributed by atoms with E-state index in [1.54, 1.807) is 0 Å². The predicted octanol–water partition coefficient (Wildman–Crippen LogP) is 10.3. The van der Waals surface area contributed by atoms with Gasteiger partial charge >= 0.3 is 0 Å². The van der Waals surface area contributed by atoms with E-state index in [1.165, 1.54) is 116 Å². The van der Waals surface area contributed by atoms with Crippen LogP contribution in [0.25, 0.3) is 0 Å². The van der Waals surface area contributed by atoms with Crippen LogP contribution in [0.3, 0.4) is 0 Å². The van der Waals surface area contributed by atoms with Crippen molar-refractivity contribution in [2.75, 3.05) is 19.8 Å². The predicted molar refractivity (Wildman–Crippen MR) is 156 cm³/mol. The number of hydrogen-bond donors (Lipinski definition) is 0. The summed E-state index contributed by atoms with van der Waals surface area (Å²) in [5.74, 6) is 0.999. The van der Waals surface area contributed by atoms with Crippen molar-refractivity contribution in [3.8, 4) is 5.75 Å². The molecule has 1 aromatic carbocycles. The normalized spacial score (nSPS) is 13.1. The third kappa shape index (κ3) is 22.2. The standard InChI is InChI=1S/C33H60O3/c1-4-31(2)36-30-32(3)34-28-24-19-17-15-13-11-9-7-5-6-8-10-12-14-16-18-20-25-29-35-33-26-22-21-23-27-33/h21-23,26-27,31-32H,4-20,24-25,28-30H2,1-3H3. The average Bonchev–Trinajstić information content (AvgIpc) is 2.90. The molecule has 0 radical (unpaired) electrons. The first kappa shape index (κ1) is 33.0. The molecule has 0 aliphatic carbocycles. The van der Waals surface area contributed by atoms with Crippen LogP contribution in [0, 0.1) is 0 Å². The fourth-order valence-electron chi connectivity index (χ4n) is 4.49. The first-order valence-corrected chi connectivity index (χ1v) is 15.6. The van der Waals surface area contributed by atoms with Crippen LogP contribution in [-0.2, 0) is 9.47 Å². The zero-order chi connectivity index (χ0) is 25.9. The lowest BCUT2D eigenvalue weighted by molar-refractivity contribution is -0.0329. The highest BCUT2D eigenvalue weighted by atomic mass is 16.5. The van der Waals surface area contributed by atoms with Crippen LogP contribution in [0.15, 0.2) is 30.3 Å². The molecule has 0 aliphatic rings. The van der Waals surface area contributed by atoms with Crippen molar-refractivity contribution >= 4 is 0 Å². The molecule has 0 heterocycles. The van der Waals surface area contributed by atoms with Crippen LogP contribution in [-0.4, -0.2) is 32.0 Å². The van der Waals surface area contributed by atoms with E-state index in [-0.39, 0.29) is 6.10 Å². The molecule has 0 spiro atoms. The van der Waals surface area contributed by atoms with E-state index in [1.807, 2.05) is 30.3 Å². The minimum Gasteiger partial charge on any atom is -0.494 e. The van der Waals surface area contributed by atoms with Gasteiger partial charge in [0.2, 0.25) is 0 Å². The molecule has 0 amide bonds. The lowest BCUT2D eigenvalue weighted by Crippen LogP contribution is -2.20. The zero-order valence-electron chi connectivity index (χ0n) is 24.3. The summed E-state index contributed by atoms with van der Waals surface area (Å²) >= 11 is 0. The topological polar surface area (TPSA) is 27.7 Å². The van der Waals surface area contributed by atoms with Crippen molar-refractivity contribution in [2.24, 2.45) is 0 Å². The Balaban J connectivity index is 1.68. The van der Waals surface area contributed by atoms with Crippen molar-refractivity contribution in [2.45, 2.75) is 155 Å². The number of para-hydroxylation sites is 1. The highest BCUT2D eigenvalue weighted by Gasteiger charge is 2.05. The SMILES string of the molecule is CCC(C)OCC(C)OCCCCCCCCCCCCCCCCCCCCOc1ccccc1. The molecule has 2 unspecified atom stereocenters. The van der Waals surface area contributed by atoms with Gasteiger partial charge in [-0.3, -0.25) is 0 Å². The Morgan fingerprint density at radius 1 is 0.500 bits per heavy atom. The molecule has 0 fully saturated rings. The van der Waals surface area contributed by atoms with Gasteiger partial charge in [0.15, 0.2) is 0 Å². The zero-order valence-corrected chi connectivity index (χ0v) is 24.3. The summed E-state index contributed by atoms with van der Waals surface area (Å²) in [7, 11) is 0. The van der Waals surface area contributed by atoms with Gasteiger partial charge in [0, 0.05) is 6.61 Å². The molecule has 0 aromatic heterocycles. The first-order chi connectivity index (χ1) is 17.7. The Kier molecular flexibility index (Phi) is 23.4. The third-order valence-electron chi connectivity index (χ3n) is 7.14. The number of rotatable bonds is 27. The van der Waals surface area contributed by atoms with Gasteiger partial charge in [-0.1, -0.05) is 128 Å². The van der Waals surface area contributed by atoms with Crippen LogP contribution >= 0.6 is 0 Å². The van der Waals surface area contributed by atoms with E-state index >= 15 is 0 Å². The van der Waals surface area contributed by atoms with Gasteiger partial charge in [0.05, 0.1) is 25.4 Å². The molecule has 1 rings (SSSR count). The van der Waals surface area contributed by atoms with Crippen LogP contribution in [0.2, 0.25) is 0 Å². The van der Waals surface area contributed by atoms with Gasteiger partial charge in [0.1, 0.15) is 5.75 Å². The summed E-state index contributed by atoms with van der Waals surface area (Å²) in [6, 6.07) is 10.2. The lowest BCUT2D eigenvalue weighted by Gasteiger charge is -2.16. The van der Waals surface area contributed by atoms with Gasteiger partial charge in [-0.2, -0.15) is 0 Å². The average molecular weight is 505 g/mol. The number of unbranched alkanes of at least 4 members (excludes halogenated alkanes) is 17. The fourth-order valence-corrected chi connectivity index (χ4v) is 4.49. The largest absolute Gasteiger partial charge is 0.494 e. The van der Waals surface area contributed by atoms with Crippen LogP contribution < -0.4 is 4.74 Å². The third-order valence-corrected chi connectivity index (χ3v) is 7.14. The van der Waals surface area contributed by atoms with Crippen molar-refractivity contribution in [3.05, 3.63) is 30.3 Å². The minimum atomic E-state index is 0.223. The van der Waals surface area contributed by atoms with Crippen LogP contribution in [0.1, 0.15) is 143 Å². The quantitative estimate of drug-likeness (QED) is 0.112. The molecule has 1 aromatic rings. The van der Waals surface area contributed by atoms with Gasteiger partial charge < -0.3 is 14.2 Å². The van der Waals surface area contributed by atoms with Crippen molar-refractivity contribution in [3.63, 3.8) is 0 Å². The number of benzene rings is 1. The minimum absolute atomic E-state index is 0.223. The van der Waals surface area contributed by atoms with Crippen LogP contribution in [0.5, 0.6) is 5.75 Å². The lowest BCUT2D eigenvalue weighted by atomic mass is 10.0. The molecule has 0 aliphatic heterocycles. The van der Waals surface area contributed by atoms with E-state index in [0.29, 0.717) is 6.10 Å². The molecular weight excluding hydrogens is 444 g/mol. The van der Waals surface area contributed by atoms with Crippen molar-refractivity contribution < 1.29 is 14.2 Å². The monoisotopic (exact) mass is 504 g/mol. The van der Waals surface area contributed by atoms with E-state index in [2.05, 4.69) is 20.8 Å². The maximum absolute atomic E-state index is 5.86. The smallest absolute Gasteiger partial charge is 0.119 e. The summed E-state index contributed by atoms with van der Waals surface area (Å²) < 4.78 is 17.3. The van der Waals surface area contributed by atoms with Crippen molar-refractivity contribution in [1.82, 2.24) is 0 Å². The highest BCUT2D eigenvalue weighted by molar-refractivity contribution is 5.20. The van der Waals surface area contributed by atoms with Gasteiger partial charge in [-0.05, 0) is 45.2 Å². The van der Waals surface area contributed by atoms with Gasteiger partial charge in [-0.15, -0.1) is 0 Å². The summed E-state index contributed by atoms with van der Waals surface area (Å²) in [5, 5.41) is 0. The van der Waals surface area contributed by atoms with E-state index in [0.717, 1.165) is 32.0 Å². The molecule has 2 atom stereocenters. The Morgan fingerprint density at radius 2 is 0.917 bits per heavy atom. The number of ether oxygens (including phenoxy) is 3. The first-order valence-electron chi connectivity index (χ1n) is 15.6. The molecule has 0 saturated carbocycles. The maximum Gasteiger partial charge on any atom is 0.119 e. The summed E-state index contributed by atoms with van der Waals surface area (Å²) in [6.07, 6.45) is 26.4. The van der Waals surface area contributed by atoms with E-state index in [9.17, 15) is 0 Å². The molecule has 0 saturated heterocycles. The molecular formula is C33H60O3. The van der Waals surface area contributed by atoms with Gasteiger partial charge in [0.25, 0.3) is 0 Å². The second-order valence-electron chi connectivity index (χ2n) is 10.8. The second-order valence-corrected chi connectivity index (χ2v) is 10.8. The Labute approximate surface area is 225 Å². The van der Waals surface area contributed by atoms with E-state index in [4.69, 9.17) is 14.2 Å². The summed E-state index contributed by atoms with van der Waals surface area (Å²) in [5.41, 5.74) is 0. The molecule has 36 heavy (non-hydrogen) atoms. The molecule has 0 N–H and O–H groups in total. The Bertz CT molecular complexity index is 547. The summed E-state index contributed by atoms with van der Waals surface area (Å²) in [6.45, 7) is 8.87. The fraction of sp³-hybridized carbons (Fsp3) is 0.818. The molecule has 0 bridgehead atoms. The van der Waals surface area contributed by atoms with Crippen LogP contribution in [0.4, 0.5) is 0 Å². The Hall–Kier alpha value is -1.06. The second kappa shape index (κ2) is 25.6. The molecule has 210 valence electrons. The van der Waals surface area contributed by atoms with Crippen molar-refractivity contribution in [1.29, 1.82) is 0 Å². The van der Waals surface area contributed by atoms with E-state index < -0.39 is 0 Å². The molecule has 3 heteroatoms. The highest BCUT2D eigenvalue weighted by Crippen LogP contribution is 2.15. The van der Waals surface area contributed by atoms with Gasteiger partial charge in [-0.25, -0.2) is 0 Å². The molecule has 3 nitrogen and oxygen atoms in total. The maximum atomic E-state index is 5.86. The summed E-state index contributed by atoms with van der Waals surface area (Å²) in [4.78, 5) is 0. The Morgan fingerprint density at radius 3 is 1.36 bits per heavy atom. The number of hydrogen-bond acceptors (Lipinski definition) is 3.